The topological polar surface area (TPSA) is 140 Å². The minimum atomic E-state index is -0.846. The van der Waals surface area contributed by atoms with Crippen molar-refractivity contribution in [2.45, 2.75) is 33.2 Å². The molecule has 0 saturated carbocycles. The van der Waals surface area contributed by atoms with Crippen LogP contribution in [0.2, 0.25) is 0 Å². The van der Waals surface area contributed by atoms with E-state index in [-0.39, 0.29) is 17.9 Å². The number of amides is 2. The van der Waals surface area contributed by atoms with E-state index in [1.54, 1.807) is 54.6 Å². The van der Waals surface area contributed by atoms with Gasteiger partial charge in [-0.15, -0.1) is 0 Å². The highest BCUT2D eigenvalue weighted by atomic mass is 79.9. The molecule has 0 aliphatic carbocycles. The van der Waals surface area contributed by atoms with Gasteiger partial charge in [-0.25, -0.2) is 0 Å². The normalized spacial score (nSPS) is 12.2. The van der Waals surface area contributed by atoms with Crippen LogP contribution in [0, 0.1) is 10.1 Å². The molecule has 0 spiro atoms. The molecule has 1 unspecified atom stereocenters. The molecular weight excluding hydrogens is 538 g/mol. The zero-order valence-corrected chi connectivity index (χ0v) is 22.9. The van der Waals surface area contributed by atoms with Gasteiger partial charge in [-0.1, -0.05) is 66.7 Å². The molecule has 2 amide bonds. The Labute approximate surface area is 225 Å². The summed E-state index contributed by atoms with van der Waals surface area (Å²) in [4.78, 5) is 40.0. The molecule has 0 radical (unpaired) electrons. The summed E-state index contributed by atoms with van der Waals surface area (Å²) in [5.41, 5.74) is 7.60. The Bertz CT molecular complexity index is 1200. The van der Waals surface area contributed by atoms with Gasteiger partial charge in [0.05, 0.1) is 22.9 Å². The number of aliphatic imine (C=N–C) groups is 1. The monoisotopic (exact) mass is 569 g/mol. The molecule has 2 aromatic carbocycles. The molecule has 10 heteroatoms. The average molecular weight is 570 g/mol. The first-order valence-electron chi connectivity index (χ1n) is 11.5. The van der Waals surface area contributed by atoms with E-state index < -0.39 is 22.8 Å². The van der Waals surface area contributed by atoms with Crippen molar-refractivity contribution in [3.63, 3.8) is 0 Å². The molecule has 4 N–H and O–H groups in total. The summed E-state index contributed by atoms with van der Waals surface area (Å²) >= 11 is 3.33. The number of allylic oxidation sites excluding steroid dienone is 4. The first kappa shape index (κ1) is 31.0. The highest BCUT2D eigenvalue weighted by Crippen LogP contribution is 2.29. The Balaban J connectivity index is 0.00000334. The molecule has 0 aliphatic heterocycles. The number of hydrogen-bond donors (Lipinski definition) is 3. The van der Waals surface area contributed by atoms with Crippen molar-refractivity contribution in [3.05, 3.63) is 99.2 Å². The van der Waals surface area contributed by atoms with E-state index in [0.29, 0.717) is 22.4 Å². The standard InChI is InChI=1S/C25H26BrN5O4.C2H6/c1-4-19(26)14-9-16(2)29-23(32)15-21(24(27)28-3)30-25(33)18-12-10-17(11-13-18)20-7-5-6-8-22(20)31(34)35;1-2/h4-14,21H,2,15H2,1,3H3,(H2,27,28)(H,29,32)(H,30,33);1-2H3/b14-9-,19-4+;. The van der Waals surface area contributed by atoms with Crippen molar-refractivity contribution in [2.24, 2.45) is 10.7 Å². The molecular formula is C27H32BrN5O4. The second kappa shape index (κ2) is 15.8. The first-order chi connectivity index (χ1) is 17.7. The summed E-state index contributed by atoms with van der Waals surface area (Å²) in [6, 6.07) is 11.8. The number of nitrogens with zero attached hydrogens (tertiary/aromatic N) is 2. The quantitative estimate of drug-likeness (QED) is 0.118. The number of rotatable bonds is 10. The second-order valence-electron chi connectivity index (χ2n) is 7.31. The maximum Gasteiger partial charge on any atom is 0.277 e. The minimum Gasteiger partial charge on any atom is -0.386 e. The molecule has 196 valence electrons. The van der Waals surface area contributed by atoms with Gasteiger partial charge in [0.25, 0.3) is 11.6 Å². The number of benzene rings is 2. The van der Waals surface area contributed by atoms with Crippen LogP contribution in [0.3, 0.4) is 0 Å². The molecule has 0 heterocycles. The SMILES string of the molecule is C=C(/C=C\C(Br)=C/C)NC(=O)CC(NC(=O)c1ccc(-c2ccccc2[N+](=O)[O-])cc1)C(N)=NC.CC. The number of halogens is 1. The molecule has 0 aromatic heterocycles. The van der Waals surface area contributed by atoms with Gasteiger partial charge in [0.1, 0.15) is 5.84 Å². The van der Waals surface area contributed by atoms with Crippen molar-refractivity contribution >= 4 is 39.3 Å². The molecule has 2 rings (SSSR count). The van der Waals surface area contributed by atoms with Gasteiger partial charge in [0.2, 0.25) is 5.91 Å². The van der Waals surface area contributed by atoms with Crippen LogP contribution >= 0.6 is 15.9 Å². The van der Waals surface area contributed by atoms with Crippen molar-refractivity contribution < 1.29 is 14.5 Å². The Morgan fingerprint density at radius 2 is 1.78 bits per heavy atom. The number of para-hydroxylation sites is 1. The lowest BCUT2D eigenvalue weighted by atomic mass is 10.0. The van der Waals surface area contributed by atoms with Gasteiger partial charge in [0, 0.05) is 28.9 Å². The van der Waals surface area contributed by atoms with E-state index in [1.165, 1.54) is 13.1 Å². The maximum atomic E-state index is 12.8. The third kappa shape index (κ3) is 9.85. The maximum absolute atomic E-state index is 12.8. The van der Waals surface area contributed by atoms with Crippen LogP contribution in [-0.4, -0.2) is 35.7 Å². The van der Waals surface area contributed by atoms with E-state index in [1.807, 2.05) is 26.8 Å². The predicted molar refractivity (Wildman–Crippen MR) is 152 cm³/mol. The number of nitrogens with two attached hydrogens (primary N) is 1. The fraction of sp³-hybridized carbons (Fsp3) is 0.222. The predicted octanol–water partition coefficient (Wildman–Crippen LogP) is 5.25. The van der Waals surface area contributed by atoms with Crippen molar-refractivity contribution in [1.29, 1.82) is 0 Å². The second-order valence-corrected chi connectivity index (χ2v) is 8.23. The lowest BCUT2D eigenvalue weighted by Crippen LogP contribution is -2.47. The number of nitro groups is 1. The lowest BCUT2D eigenvalue weighted by Gasteiger charge is -2.18. The van der Waals surface area contributed by atoms with Gasteiger partial charge >= 0.3 is 0 Å². The van der Waals surface area contributed by atoms with Crippen LogP contribution in [0.1, 0.15) is 37.6 Å². The van der Waals surface area contributed by atoms with Crippen LogP contribution in [0.5, 0.6) is 0 Å². The van der Waals surface area contributed by atoms with Crippen LogP contribution in [-0.2, 0) is 4.79 Å². The molecule has 37 heavy (non-hydrogen) atoms. The third-order valence-corrected chi connectivity index (χ3v) is 5.61. The zero-order chi connectivity index (χ0) is 28.0. The Kier molecular flexibility index (Phi) is 13.3. The zero-order valence-electron chi connectivity index (χ0n) is 21.3. The summed E-state index contributed by atoms with van der Waals surface area (Å²) < 4.78 is 0.827. The Morgan fingerprint density at radius 1 is 1.16 bits per heavy atom. The number of hydrogen-bond acceptors (Lipinski definition) is 5. The largest absolute Gasteiger partial charge is 0.386 e. The molecule has 9 nitrogen and oxygen atoms in total. The number of carbonyl (C=O) groups is 2. The van der Waals surface area contributed by atoms with Crippen molar-refractivity contribution in [3.8, 4) is 11.1 Å². The van der Waals surface area contributed by atoms with Gasteiger partial charge in [-0.2, -0.15) is 0 Å². The number of carbonyl (C=O) groups excluding carboxylic acids is 2. The van der Waals surface area contributed by atoms with E-state index in [4.69, 9.17) is 5.73 Å². The Morgan fingerprint density at radius 3 is 2.35 bits per heavy atom. The molecule has 1 atom stereocenters. The number of nitrogens with one attached hydrogen (secondary N) is 2. The number of nitro benzene ring substituents is 1. The summed E-state index contributed by atoms with van der Waals surface area (Å²) in [5.74, 6) is -0.790. The Hall–Kier alpha value is -4.05. The van der Waals surface area contributed by atoms with Crippen molar-refractivity contribution in [2.75, 3.05) is 7.05 Å². The number of amidine groups is 1. The summed E-state index contributed by atoms with van der Waals surface area (Å²) in [5, 5.41) is 16.6. The van der Waals surface area contributed by atoms with Crippen LogP contribution in [0.4, 0.5) is 5.69 Å². The molecule has 0 fully saturated rings. The minimum absolute atomic E-state index is 0.0304. The molecule has 0 saturated heterocycles. The van der Waals surface area contributed by atoms with Crippen LogP contribution in [0.15, 0.2) is 88.5 Å². The van der Waals surface area contributed by atoms with E-state index in [9.17, 15) is 19.7 Å². The first-order valence-corrected chi connectivity index (χ1v) is 12.3. The van der Waals surface area contributed by atoms with E-state index in [2.05, 4.69) is 38.1 Å². The van der Waals surface area contributed by atoms with Gasteiger partial charge < -0.3 is 16.4 Å². The smallest absolute Gasteiger partial charge is 0.277 e. The van der Waals surface area contributed by atoms with Crippen molar-refractivity contribution in [1.82, 2.24) is 10.6 Å². The average Bonchev–Trinajstić information content (AvgIpc) is 2.91. The summed E-state index contributed by atoms with van der Waals surface area (Å²) in [6.45, 7) is 9.63. The fourth-order valence-electron chi connectivity index (χ4n) is 3.04. The van der Waals surface area contributed by atoms with Gasteiger partial charge in [-0.3, -0.25) is 24.7 Å². The summed E-state index contributed by atoms with van der Waals surface area (Å²) in [7, 11) is 1.46. The highest BCUT2D eigenvalue weighted by Gasteiger charge is 2.21. The van der Waals surface area contributed by atoms with Crippen LogP contribution < -0.4 is 16.4 Å². The lowest BCUT2D eigenvalue weighted by molar-refractivity contribution is -0.384. The van der Waals surface area contributed by atoms with Crippen LogP contribution in [0.25, 0.3) is 11.1 Å². The molecule has 2 aromatic rings. The third-order valence-electron chi connectivity index (χ3n) is 4.89. The molecule has 0 bridgehead atoms. The fourth-order valence-corrected chi connectivity index (χ4v) is 3.17. The van der Waals surface area contributed by atoms with Gasteiger partial charge in [0.15, 0.2) is 0 Å². The summed E-state index contributed by atoms with van der Waals surface area (Å²) in [6.07, 6.45) is 5.05. The van der Waals surface area contributed by atoms with E-state index in [0.717, 1.165) is 4.48 Å². The highest BCUT2D eigenvalue weighted by molar-refractivity contribution is 9.11. The van der Waals surface area contributed by atoms with E-state index >= 15 is 0 Å². The molecule has 0 aliphatic rings. The van der Waals surface area contributed by atoms with Gasteiger partial charge in [-0.05, 0) is 42.8 Å².